The highest BCUT2D eigenvalue weighted by Gasteiger charge is 2.48. The molecule has 0 fully saturated rings. The van der Waals surface area contributed by atoms with E-state index in [2.05, 4.69) is 105 Å². The standard InChI is InChI=1S/C21H29P/c1-19(2,3)21(22,20(4,5)6)18-14-12-17(13-15-18)16-10-8-7-9-11-16/h7-15H,22H2,1-6H3. The quantitative estimate of drug-likeness (QED) is 0.554. The molecule has 0 bridgehead atoms. The van der Waals surface area contributed by atoms with Gasteiger partial charge in [-0.25, -0.2) is 0 Å². The number of benzene rings is 2. The van der Waals surface area contributed by atoms with Gasteiger partial charge in [-0.2, -0.15) is 0 Å². The van der Waals surface area contributed by atoms with Crippen LogP contribution in [0.4, 0.5) is 0 Å². The fraction of sp³-hybridized carbons (Fsp3) is 0.429. The SMILES string of the molecule is CC(C)(C)C(P)(c1ccc(-c2ccccc2)cc1)C(C)(C)C. The number of hydrogen-bond acceptors (Lipinski definition) is 0. The molecule has 0 heterocycles. The van der Waals surface area contributed by atoms with Gasteiger partial charge in [0.1, 0.15) is 0 Å². The molecule has 0 N–H and O–H groups in total. The summed E-state index contributed by atoms with van der Waals surface area (Å²) >= 11 is 0. The summed E-state index contributed by atoms with van der Waals surface area (Å²) in [5.74, 6) is 0. The highest BCUT2D eigenvalue weighted by molar-refractivity contribution is 7.18. The summed E-state index contributed by atoms with van der Waals surface area (Å²) in [5.41, 5.74) is 4.25. The van der Waals surface area contributed by atoms with Gasteiger partial charge in [-0.1, -0.05) is 96.1 Å². The van der Waals surface area contributed by atoms with Crippen molar-refractivity contribution in [1.29, 1.82) is 0 Å². The molecule has 0 saturated carbocycles. The topological polar surface area (TPSA) is 0 Å². The van der Waals surface area contributed by atoms with Crippen molar-refractivity contribution >= 4 is 9.24 Å². The van der Waals surface area contributed by atoms with Crippen molar-refractivity contribution in [2.24, 2.45) is 10.8 Å². The first-order valence-electron chi connectivity index (χ1n) is 8.02. The Morgan fingerprint density at radius 2 is 1.00 bits per heavy atom. The smallest absolute Gasteiger partial charge is 0.0194 e. The monoisotopic (exact) mass is 312 g/mol. The molecule has 0 spiro atoms. The van der Waals surface area contributed by atoms with E-state index in [1.807, 2.05) is 0 Å². The van der Waals surface area contributed by atoms with Gasteiger partial charge in [0.15, 0.2) is 0 Å². The average Bonchev–Trinajstić information content (AvgIpc) is 2.45. The minimum Gasteiger partial charge on any atom is -0.125 e. The summed E-state index contributed by atoms with van der Waals surface area (Å²) in [7, 11) is 3.17. The number of rotatable bonds is 2. The van der Waals surface area contributed by atoms with Crippen LogP contribution in [-0.2, 0) is 5.16 Å². The maximum absolute atomic E-state index is 3.17. The summed E-state index contributed by atoms with van der Waals surface area (Å²) in [5, 5.41) is 0.0230. The molecule has 0 aromatic heterocycles. The Morgan fingerprint density at radius 1 is 0.591 bits per heavy atom. The number of hydrogen-bond donors (Lipinski definition) is 0. The van der Waals surface area contributed by atoms with Crippen LogP contribution in [0.15, 0.2) is 54.6 Å². The van der Waals surface area contributed by atoms with Crippen molar-refractivity contribution < 1.29 is 0 Å². The first-order chi connectivity index (χ1) is 10.1. The zero-order chi connectivity index (χ0) is 16.6. The van der Waals surface area contributed by atoms with E-state index in [1.54, 1.807) is 0 Å². The molecule has 22 heavy (non-hydrogen) atoms. The van der Waals surface area contributed by atoms with E-state index in [-0.39, 0.29) is 16.0 Å². The Balaban J connectivity index is 2.48. The molecule has 0 saturated heterocycles. The normalized spacial score (nSPS) is 13.2. The lowest BCUT2D eigenvalue weighted by Gasteiger charge is -2.51. The lowest BCUT2D eigenvalue weighted by Crippen LogP contribution is -2.45. The van der Waals surface area contributed by atoms with E-state index in [4.69, 9.17) is 0 Å². The second kappa shape index (κ2) is 5.82. The van der Waals surface area contributed by atoms with Crippen LogP contribution in [-0.4, -0.2) is 0 Å². The van der Waals surface area contributed by atoms with E-state index in [0.717, 1.165) is 0 Å². The van der Waals surface area contributed by atoms with Crippen LogP contribution >= 0.6 is 9.24 Å². The van der Waals surface area contributed by atoms with Crippen LogP contribution in [0.5, 0.6) is 0 Å². The molecule has 0 nitrogen and oxygen atoms in total. The van der Waals surface area contributed by atoms with Gasteiger partial charge < -0.3 is 0 Å². The van der Waals surface area contributed by atoms with Crippen molar-refractivity contribution in [1.82, 2.24) is 0 Å². The van der Waals surface area contributed by atoms with Gasteiger partial charge in [-0.05, 0) is 27.5 Å². The van der Waals surface area contributed by atoms with Crippen molar-refractivity contribution in [3.05, 3.63) is 60.2 Å². The van der Waals surface area contributed by atoms with Gasteiger partial charge in [0.05, 0.1) is 0 Å². The molecule has 0 aliphatic rings. The van der Waals surface area contributed by atoms with Crippen LogP contribution in [0.25, 0.3) is 11.1 Å². The Kier molecular flexibility index (Phi) is 4.56. The van der Waals surface area contributed by atoms with Gasteiger partial charge in [0.2, 0.25) is 0 Å². The third kappa shape index (κ3) is 2.99. The van der Waals surface area contributed by atoms with Crippen LogP contribution in [0, 0.1) is 10.8 Å². The van der Waals surface area contributed by atoms with Gasteiger partial charge >= 0.3 is 0 Å². The minimum absolute atomic E-state index is 0.0230. The molecular formula is C21H29P. The summed E-state index contributed by atoms with van der Waals surface area (Å²) in [6.45, 7) is 14.0. The first-order valence-corrected chi connectivity index (χ1v) is 8.60. The van der Waals surface area contributed by atoms with E-state index in [0.29, 0.717) is 0 Å². The van der Waals surface area contributed by atoms with E-state index >= 15 is 0 Å². The van der Waals surface area contributed by atoms with Gasteiger partial charge in [-0.15, -0.1) is 9.24 Å². The Labute approximate surface area is 138 Å². The molecule has 1 atom stereocenters. The Morgan fingerprint density at radius 3 is 1.41 bits per heavy atom. The predicted molar refractivity (Wildman–Crippen MR) is 102 cm³/mol. The maximum atomic E-state index is 3.17. The molecule has 0 amide bonds. The lowest BCUT2D eigenvalue weighted by atomic mass is 9.62. The maximum Gasteiger partial charge on any atom is 0.0194 e. The molecule has 118 valence electrons. The summed E-state index contributed by atoms with van der Waals surface area (Å²) in [6, 6.07) is 19.7. The molecule has 2 aromatic rings. The van der Waals surface area contributed by atoms with Crippen molar-refractivity contribution in [2.45, 2.75) is 46.7 Å². The van der Waals surface area contributed by atoms with E-state index in [1.165, 1.54) is 16.7 Å². The molecule has 0 aliphatic carbocycles. The van der Waals surface area contributed by atoms with Crippen LogP contribution in [0.2, 0.25) is 0 Å². The third-order valence-corrected chi connectivity index (χ3v) is 6.88. The summed E-state index contributed by atoms with van der Waals surface area (Å²) in [4.78, 5) is 0. The van der Waals surface area contributed by atoms with E-state index < -0.39 is 0 Å². The van der Waals surface area contributed by atoms with Crippen molar-refractivity contribution in [2.75, 3.05) is 0 Å². The molecule has 2 rings (SSSR count). The second-order valence-corrected chi connectivity index (χ2v) is 9.12. The van der Waals surface area contributed by atoms with Crippen LogP contribution < -0.4 is 0 Å². The summed E-state index contributed by atoms with van der Waals surface area (Å²) < 4.78 is 0. The zero-order valence-electron chi connectivity index (χ0n) is 14.8. The Hall–Kier alpha value is -1.13. The molecular weight excluding hydrogens is 283 g/mol. The van der Waals surface area contributed by atoms with Crippen molar-refractivity contribution in [3.8, 4) is 11.1 Å². The fourth-order valence-corrected chi connectivity index (χ4v) is 3.74. The van der Waals surface area contributed by atoms with Gasteiger partial charge in [0.25, 0.3) is 0 Å². The second-order valence-electron chi connectivity index (χ2n) is 8.25. The first kappa shape index (κ1) is 17.2. The zero-order valence-corrected chi connectivity index (χ0v) is 15.9. The lowest BCUT2D eigenvalue weighted by molar-refractivity contribution is 0.140. The highest BCUT2D eigenvalue weighted by Crippen LogP contribution is 2.57. The highest BCUT2D eigenvalue weighted by atomic mass is 31.0. The Bertz CT molecular complexity index is 596. The van der Waals surface area contributed by atoms with Crippen LogP contribution in [0.3, 0.4) is 0 Å². The molecule has 2 aromatic carbocycles. The van der Waals surface area contributed by atoms with E-state index in [9.17, 15) is 0 Å². The van der Waals surface area contributed by atoms with Crippen LogP contribution in [0.1, 0.15) is 47.1 Å². The molecule has 1 unspecified atom stereocenters. The fourth-order valence-electron chi connectivity index (χ4n) is 3.55. The van der Waals surface area contributed by atoms with Gasteiger partial charge in [-0.3, -0.25) is 0 Å². The van der Waals surface area contributed by atoms with Gasteiger partial charge in [0, 0.05) is 5.16 Å². The predicted octanol–water partition coefficient (Wildman–Crippen LogP) is 6.52. The van der Waals surface area contributed by atoms with Crippen molar-refractivity contribution in [3.63, 3.8) is 0 Å². The molecule has 1 heteroatoms. The largest absolute Gasteiger partial charge is 0.125 e. The minimum atomic E-state index is 0.0230. The third-order valence-electron chi connectivity index (χ3n) is 4.81. The summed E-state index contributed by atoms with van der Waals surface area (Å²) in [6.07, 6.45) is 0. The molecule has 0 aliphatic heterocycles. The average molecular weight is 312 g/mol. The molecule has 0 radical (unpaired) electrons.